The Labute approximate surface area is 114 Å². The van der Waals surface area contributed by atoms with Gasteiger partial charge in [-0.2, -0.15) is 0 Å². The molecule has 0 aliphatic carbocycles. The normalized spacial score (nSPS) is 30.5. The largest absolute Gasteiger partial charge is 0.393 e. The molecule has 2 unspecified atom stereocenters. The lowest BCUT2D eigenvalue weighted by Gasteiger charge is -2.36. The van der Waals surface area contributed by atoms with Crippen molar-refractivity contribution in [1.82, 2.24) is 4.90 Å². The summed E-state index contributed by atoms with van der Waals surface area (Å²) in [7, 11) is 0. The van der Waals surface area contributed by atoms with E-state index in [4.69, 9.17) is 0 Å². The molecule has 2 saturated heterocycles. The number of fused-ring (bicyclic) bond motifs is 2. The summed E-state index contributed by atoms with van der Waals surface area (Å²) in [5, 5.41) is 9.78. The predicted octanol–water partition coefficient (Wildman–Crippen LogP) is 2.17. The van der Waals surface area contributed by atoms with Crippen LogP contribution in [-0.4, -0.2) is 40.5 Å². The maximum atomic E-state index is 12.4. The molecule has 2 heterocycles. The number of rotatable bonds is 3. The third-order valence-corrected chi connectivity index (χ3v) is 4.53. The predicted molar refractivity (Wildman–Crippen MR) is 74.3 cm³/mol. The summed E-state index contributed by atoms with van der Waals surface area (Å²) >= 11 is 0. The van der Waals surface area contributed by atoms with Crippen molar-refractivity contribution in [2.45, 2.75) is 50.8 Å². The van der Waals surface area contributed by atoms with Crippen molar-refractivity contribution in [1.29, 1.82) is 0 Å². The molecule has 2 aliphatic heterocycles. The Kier molecular flexibility index (Phi) is 3.42. The maximum Gasteiger partial charge on any atom is 0.176 e. The average molecular weight is 259 g/mol. The molecule has 3 nitrogen and oxygen atoms in total. The van der Waals surface area contributed by atoms with Gasteiger partial charge in [-0.05, 0) is 38.7 Å². The number of hydrogen-bond donors (Lipinski definition) is 1. The lowest BCUT2D eigenvalue weighted by Crippen LogP contribution is -2.46. The van der Waals surface area contributed by atoms with E-state index < -0.39 is 0 Å². The second-order valence-electron chi connectivity index (χ2n) is 5.98. The van der Waals surface area contributed by atoms with E-state index in [-0.39, 0.29) is 11.9 Å². The molecule has 102 valence electrons. The van der Waals surface area contributed by atoms with Crippen molar-refractivity contribution < 1.29 is 9.90 Å². The molecule has 2 bridgehead atoms. The Bertz CT molecular complexity index is 471. The van der Waals surface area contributed by atoms with Gasteiger partial charge in [0.15, 0.2) is 5.78 Å². The Morgan fingerprint density at radius 2 is 2.00 bits per heavy atom. The number of piperidine rings is 1. The molecule has 1 aromatic rings. The maximum absolute atomic E-state index is 12.4. The van der Waals surface area contributed by atoms with Gasteiger partial charge in [0.2, 0.25) is 0 Å². The Morgan fingerprint density at radius 1 is 1.32 bits per heavy atom. The molecule has 0 spiro atoms. The first kappa shape index (κ1) is 12.8. The van der Waals surface area contributed by atoms with Crippen LogP contribution in [0.2, 0.25) is 0 Å². The highest BCUT2D eigenvalue weighted by Gasteiger charge is 2.40. The summed E-state index contributed by atoms with van der Waals surface area (Å²) in [6, 6.07) is 8.62. The summed E-state index contributed by atoms with van der Waals surface area (Å²) in [5.41, 5.74) is 1.94. The van der Waals surface area contributed by atoms with Crippen LogP contribution in [0.4, 0.5) is 0 Å². The van der Waals surface area contributed by atoms with E-state index in [9.17, 15) is 9.90 Å². The summed E-state index contributed by atoms with van der Waals surface area (Å²) in [6.07, 6.45) is 3.75. The standard InChI is InChI=1S/C16H21NO2/c1-11-3-2-4-12(7-11)16(19)10-17-13-5-6-14(17)9-15(18)8-13/h2-4,7,13-15,18H,5-6,8-10H2,1H3. The number of Topliss-reactive ketones (excluding diaryl/α,β-unsaturated/α-hetero) is 1. The minimum absolute atomic E-state index is 0.164. The van der Waals surface area contributed by atoms with E-state index in [1.807, 2.05) is 31.2 Å². The zero-order valence-electron chi connectivity index (χ0n) is 11.4. The van der Waals surface area contributed by atoms with E-state index in [1.165, 1.54) is 0 Å². The minimum atomic E-state index is -0.164. The zero-order chi connectivity index (χ0) is 13.4. The SMILES string of the molecule is Cc1cccc(C(=O)CN2C3CCC2CC(O)C3)c1. The molecule has 3 rings (SSSR count). The van der Waals surface area contributed by atoms with Crippen molar-refractivity contribution in [3.8, 4) is 0 Å². The molecule has 2 fully saturated rings. The van der Waals surface area contributed by atoms with Crippen molar-refractivity contribution in [3.05, 3.63) is 35.4 Å². The van der Waals surface area contributed by atoms with Crippen LogP contribution in [0.3, 0.4) is 0 Å². The van der Waals surface area contributed by atoms with Crippen LogP contribution >= 0.6 is 0 Å². The van der Waals surface area contributed by atoms with Gasteiger partial charge in [-0.1, -0.05) is 23.8 Å². The molecule has 0 radical (unpaired) electrons. The fourth-order valence-corrected chi connectivity index (χ4v) is 3.58. The highest BCUT2D eigenvalue weighted by atomic mass is 16.3. The van der Waals surface area contributed by atoms with Crippen LogP contribution in [0.25, 0.3) is 0 Å². The van der Waals surface area contributed by atoms with Gasteiger partial charge in [-0.25, -0.2) is 0 Å². The zero-order valence-corrected chi connectivity index (χ0v) is 11.4. The lowest BCUT2D eigenvalue weighted by atomic mass is 9.98. The van der Waals surface area contributed by atoms with E-state index in [2.05, 4.69) is 4.90 Å². The number of carbonyl (C=O) groups is 1. The molecule has 2 atom stereocenters. The lowest BCUT2D eigenvalue weighted by molar-refractivity contribution is 0.0344. The van der Waals surface area contributed by atoms with E-state index in [0.717, 1.165) is 36.8 Å². The second kappa shape index (κ2) is 5.06. The third-order valence-electron chi connectivity index (χ3n) is 4.53. The number of benzene rings is 1. The molecule has 0 amide bonds. The van der Waals surface area contributed by atoms with Gasteiger partial charge in [-0.3, -0.25) is 9.69 Å². The first-order chi connectivity index (χ1) is 9.13. The van der Waals surface area contributed by atoms with Gasteiger partial charge in [0.05, 0.1) is 12.6 Å². The Morgan fingerprint density at radius 3 is 2.63 bits per heavy atom. The highest BCUT2D eigenvalue weighted by Crippen LogP contribution is 2.35. The average Bonchev–Trinajstić information content (AvgIpc) is 2.61. The molecule has 3 heteroatoms. The quantitative estimate of drug-likeness (QED) is 0.846. The number of aryl methyl sites for hydroxylation is 1. The molecule has 0 aromatic heterocycles. The molecule has 1 aromatic carbocycles. The van der Waals surface area contributed by atoms with Crippen LogP contribution < -0.4 is 0 Å². The highest BCUT2D eigenvalue weighted by molar-refractivity contribution is 5.97. The van der Waals surface area contributed by atoms with Crippen LogP contribution in [0.15, 0.2) is 24.3 Å². The van der Waals surface area contributed by atoms with Crippen LogP contribution in [0.1, 0.15) is 41.6 Å². The fourth-order valence-electron chi connectivity index (χ4n) is 3.58. The van der Waals surface area contributed by atoms with Gasteiger partial charge in [0.25, 0.3) is 0 Å². The Hall–Kier alpha value is -1.19. The van der Waals surface area contributed by atoms with Gasteiger partial charge in [0.1, 0.15) is 0 Å². The molecule has 2 aliphatic rings. The van der Waals surface area contributed by atoms with Crippen molar-refractivity contribution in [2.75, 3.05) is 6.54 Å². The number of aliphatic hydroxyl groups excluding tert-OH is 1. The molecule has 0 saturated carbocycles. The van der Waals surface area contributed by atoms with Crippen LogP contribution in [-0.2, 0) is 0 Å². The van der Waals surface area contributed by atoms with Gasteiger partial charge in [-0.15, -0.1) is 0 Å². The molecule has 19 heavy (non-hydrogen) atoms. The van der Waals surface area contributed by atoms with E-state index in [1.54, 1.807) is 0 Å². The smallest absolute Gasteiger partial charge is 0.176 e. The van der Waals surface area contributed by atoms with E-state index >= 15 is 0 Å². The topological polar surface area (TPSA) is 40.5 Å². The second-order valence-corrected chi connectivity index (χ2v) is 5.98. The number of carbonyl (C=O) groups excluding carboxylic acids is 1. The van der Waals surface area contributed by atoms with Crippen molar-refractivity contribution in [3.63, 3.8) is 0 Å². The summed E-state index contributed by atoms with van der Waals surface area (Å²) in [5.74, 6) is 0.206. The Balaban J connectivity index is 1.70. The van der Waals surface area contributed by atoms with Gasteiger partial charge < -0.3 is 5.11 Å². The number of aliphatic hydroxyl groups is 1. The summed E-state index contributed by atoms with van der Waals surface area (Å²) < 4.78 is 0. The number of nitrogens with zero attached hydrogens (tertiary/aromatic N) is 1. The number of ketones is 1. The third kappa shape index (κ3) is 2.58. The number of hydrogen-bond acceptors (Lipinski definition) is 3. The molecule has 1 N–H and O–H groups in total. The molecular weight excluding hydrogens is 238 g/mol. The van der Waals surface area contributed by atoms with Crippen molar-refractivity contribution in [2.24, 2.45) is 0 Å². The van der Waals surface area contributed by atoms with Crippen molar-refractivity contribution >= 4 is 5.78 Å². The monoisotopic (exact) mass is 259 g/mol. The summed E-state index contributed by atoms with van der Waals surface area (Å²) in [6.45, 7) is 2.52. The first-order valence-electron chi connectivity index (χ1n) is 7.17. The van der Waals surface area contributed by atoms with Crippen LogP contribution in [0.5, 0.6) is 0 Å². The molecular formula is C16H21NO2. The summed E-state index contributed by atoms with van der Waals surface area (Å²) in [4.78, 5) is 14.7. The van der Waals surface area contributed by atoms with Gasteiger partial charge >= 0.3 is 0 Å². The van der Waals surface area contributed by atoms with Crippen LogP contribution in [0, 0.1) is 6.92 Å². The minimum Gasteiger partial charge on any atom is -0.393 e. The van der Waals surface area contributed by atoms with E-state index in [0.29, 0.717) is 18.6 Å². The van der Waals surface area contributed by atoms with Gasteiger partial charge in [0, 0.05) is 17.6 Å². The fraction of sp³-hybridized carbons (Fsp3) is 0.562. The first-order valence-corrected chi connectivity index (χ1v) is 7.17.